The number of ether oxygens (including phenoxy) is 1. The van der Waals surface area contributed by atoms with Crippen LogP contribution in [0.15, 0.2) is 64.6 Å². The molecule has 0 saturated heterocycles. The predicted octanol–water partition coefficient (Wildman–Crippen LogP) is 3.93. The number of thiazole rings is 1. The van der Waals surface area contributed by atoms with Crippen molar-refractivity contribution in [2.24, 2.45) is 0 Å². The van der Waals surface area contributed by atoms with E-state index >= 15 is 0 Å². The van der Waals surface area contributed by atoms with Crippen molar-refractivity contribution in [1.82, 2.24) is 4.98 Å². The summed E-state index contributed by atoms with van der Waals surface area (Å²) in [4.78, 5) is 40.9. The Hall–Kier alpha value is -2.84. The number of nitrogens with one attached hydrogen (secondary N) is 1. The number of aromatic nitrogens is 1. The van der Waals surface area contributed by atoms with E-state index < -0.39 is 18.5 Å². The second-order valence-corrected chi connectivity index (χ2v) is 7.74. The SMILES string of the molecule is O=C(COC(=O)c1ccccc1C(=O)c1ccccc1)Nc1ncc(Br)s1. The van der Waals surface area contributed by atoms with Crippen LogP contribution < -0.4 is 5.32 Å². The van der Waals surface area contributed by atoms with Gasteiger partial charge in [0.2, 0.25) is 0 Å². The van der Waals surface area contributed by atoms with Gasteiger partial charge in [0.05, 0.1) is 15.5 Å². The van der Waals surface area contributed by atoms with E-state index in [-0.39, 0.29) is 16.9 Å². The summed E-state index contributed by atoms with van der Waals surface area (Å²) < 4.78 is 5.82. The van der Waals surface area contributed by atoms with Crippen LogP contribution in [0.4, 0.5) is 5.13 Å². The zero-order chi connectivity index (χ0) is 19.2. The van der Waals surface area contributed by atoms with Crippen molar-refractivity contribution in [2.75, 3.05) is 11.9 Å². The highest BCUT2D eigenvalue weighted by Crippen LogP contribution is 2.23. The summed E-state index contributed by atoms with van der Waals surface area (Å²) in [5.74, 6) is -1.55. The van der Waals surface area contributed by atoms with Gasteiger partial charge in [-0.25, -0.2) is 9.78 Å². The Morgan fingerprint density at radius 1 is 1.00 bits per heavy atom. The lowest BCUT2D eigenvalue weighted by Gasteiger charge is -2.09. The minimum absolute atomic E-state index is 0.108. The standard InChI is InChI=1S/C19H13BrN2O4S/c20-15-10-21-19(27-15)22-16(23)11-26-18(25)14-9-5-4-8-13(14)17(24)12-6-2-1-3-7-12/h1-10H,11H2,(H,21,22,23). The Kier molecular flexibility index (Phi) is 6.10. The molecule has 27 heavy (non-hydrogen) atoms. The maximum Gasteiger partial charge on any atom is 0.339 e. The Labute approximate surface area is 167 Å². The van der Waals surface area contributed by atoms with E-state index in [0.717, 1.165) is 3.79 Å². The van der Waals surface area contributed by atoms with Crippen LogP contribution in [0.3, 0.4) is 0 Å². The summed E-state index contributed by atoms with van der Waals surface area (Å²) in [5, 5.41) is 2.92. The zero-order valence-electron chi connectivity index (χ0n) is 13.8. The number of carbonyl (C=O) groups is 3. The van der Waals surface area contributed by atoms with Gasteiger partial charge >= 0.3 is 5.97 Å². The number of hydrogen-bond donors (Lipinski definition) is 1. The molecule has 0 aliphatic heterocycles. The quantitative estimate of drug-likeness (QED) is 0.459. The largest absolute Gasteiger partial charge is 0.452 e. The third kappa shape index (κ3) is 4.87. The lowest BCUT2D eigenvalue weighted by Crippen LogP contribution is -2.22. The molecule has 1 aromatic heterocycles. The van der Waals surface area contributed by atoms with E-state index in [9.17, 15) is 14.4 Å². The van der Waals surface area contributed by atoms with Crippen LogP contribution in [0, 0.1) is 0 Å². The van der Waals surface area contributed by atoms with Crippen molar-refractivity contribution >= 4 is 50.1 Å². The van der Waals surface area contributed by atoms with Gasteiger partial charge in [-0.3, -0.25) is 14.9 Å². The van der Waals surface area contributed by atoms with E-state index in [2.05, 4.69) is 26.2 Å². The van der Waals surface area contributed by atoms with Gasteiger partial charge in [-0.1, -0.05) is 59.9 Å². The van der Waals surface area contributed by atoms with Gasteiger partial charge in [-0.15, -0.1) is 0 Å². The molecule has 0 aliphatic rings. The molecule has 0 aliphatic carbocycles. The van der Waals surface area contributed by atoms with Crippen LogP contribution in [0.2, 0.25) is 0 Å². The fourth-order valence-electron chi connectivity index (χ4n) is 2.28. The van der Waals surface area contributed by atoms with Crippen LogP contribution >= 0.6 is 27.3 Å². The fourth-order valence-corrected chi connectivity index (χ4v) is 3.40. The minimum atomic E-state index is -0.745. The van der Waals surface area contributed by atoms with Crippen molar-refractivity contribution in [3.63, 3.8) is 0 Å². The molecule has 0 bridgehead atoms. The number of rotatable bonds is 6. The van der Waals surface area contributed by atoms with Crippen molar-refractivity contribution in [3.05, 3.63) is 81.3 Å². The first kappa shape index (κ1) is 18.9. The highest BCUT2D eigenvalue weighted by molar-refractivity contribution is 9.11. The molecule has 0 spiro atoms. The monoisotopic (exact) mass is 444 g/mol. The number of hydrogen-bond acceptors (Lipinski definition) is 6. The van der Waals surface area contributed by atoms with Gasteiger partial charge < -0.3 is 4.74 Å². The molecule has 8 heteroatoms. The molecule has 1 N–H and O–H groups in total. The van der Waals surface area contributed by atoms with Gasteiger partial charge in [-0.05, 0) is 22.0 Å². The van der Waals surface area contributed by atoms with Gasteiger partial charge in [0.15, 0.2) is 17.5 Å². The first-order chi connectivity index (χ1) is 13.0. The average molecular weight is 445 g/mol. The van der Waals surface area contributed by atoms with Crippen LogP contribution in [0.25, 0.3) is 0 Å². The first-order valence-corrected chi connectivity index (χ1v) is 9.42. The smallest absolute Gasteiger partial charge is 0.339 e. The third-order valence-electron chi connectivity index (χ3n) is 3.49. The van der Waals surface area contributed by atoms with E-state index in [1.165, 1.54) is 17.4 Å². The fraction of sp³-hybridized carbons (Fsp3) is 0.0526. The molecule has 0 saturated carbocycles. The summed E-state index contributed by atoms with van der Waals surface area (Å²) in [6.45, 7) is -0.482. The van der Waals surface area contributed by atoms with Crippen LogP contribution in [0.1, 0.15) is 26.3 Å². The number of benzene rings is 2. The first-order valence-electron chi connectivity index (χ1n) is 7.81. The Balaban J connectivity index is 1.68. The number of carbonyl (C=O) groups excluding carboxylic acids is 3. The number of nitrogens with zero attached hydrogens (tertiary/aromatic N) is 1. The summed E-state index contributed by atoms with van der Waals surface area (Å²) >= 11 is 4.48. The highest BCUT2D eigenvalue weighted by Gasteiger charge is 2.20. The Morgan fingerprint density at radius 3 is 2.33 bits per heavy atom. The second-order valence-electron chi connectivity index (χ2n) is 5.33. The molecule has 0 unspecified atom stereocenters. The maximum absolute atomic E-state index is 12.7. The number of esters is 1. The molecule has 0 radical (unpaired) electrons. The number of anilines is 1. The van der Waals surface area contributed by atoms with Gasteiger partial charge in [0.25, 0.3) is 5.91 Å². The molecular formula is C19H13BrN2O4S. The van der Waals surface area contributed by atoms with Gasteiger partial charge in [0, 0.05) is 11.1 Å². The van der Waals surface area contributed by atoms with E-state index in [0.29, 0.717) is 10.7 Å². The summed E-state index contributed by atoms with van der Waals surface area (Å²) in [5.41, 5.74) is 0.791. The average Bonchev–Trinajstić information content (AvgIpc) is 3.10. The lowest BCUT2D eigenvalue weighted by molar-refractivity contribution is -0.119. The predicted molar refractivity (Wildman–Crippen MR) is 105 cm³/mol. The topological polar surface area (TPSA) is 85.4 Å². The maximum atomic E-state index is 12.7. The van der Waals surface area contributed by atoms with Crippen molar-refractivity contribution in [1.29, 1.82) is 0 Å². The number of ketones is 1. The summed E-state index contributed by atoms with van der Waals surface area (Å²) in [7, 11) is 0. The molecule has 2 aromatic carbocycles. The zero-order valence-corrected chi connectivity index (χ0v) is 16.2. The van der Waals surface area contributed by atoms with Crippen LogP contribution in [0.5, 0.6) is 0 Å². The Morgan fingerprint density at radius 2 is 1.67 bits per heavy atom. The number of halogens is 1. The van der Waals surface area contributed by atoms with E-state index in [1.54, 1.807) is 54.7 Å². The normalized spacial score (nSPS) is 10.3. The van der Waals surface area contributed by atoms with Crippen molar-refractivity contribution in [3.8, 4) is 0 Å². The highest BCUT2D eigenvalue weighted by atomic mass is 79.9. The summed E-state index contributed by atoms with van der Waals surface area (Å²) in [6, 6.07) is 15.0. The van der Waals surface area contributed by atoms with Crippen LogP contribution in [-0.4, -0.2) is 29.3 Å². The van der Waals surface area contributed by atoms with Crippen molar-refractivity contribution in [2.45, 2.75) is 0 Å². The molecule has 3 rings (SSSR count). The third-order valence-corrected chi connectivity index (χ3v) is 4.88. The summed E-state index contributed by atoms with van der Waals surface area (Å²) in [6.07, 6.45) is 1.55. The van der Waals surface area contributed by atoms with Crippen LogP contribution in [-0.2, 0) is 9.53 Å². The van der Waals surface area contributed by atoms with Crippen molar-refractivity contribution < 1.29 is 19.1 Å². The van der Waals surface area contributed by atoms with E-state index in [4.69, 9.17) is 4.74 Å². The Bertz CT molecular complexity index is 988. The van der Waals surface area contributed by atoms with Gasteiger partial charge in [0.1, 0.15) is 0 Å². The molecule has 3 aromatic rings. The molecule has 1 heterocycles. The molecule has 136 valence electrons. The molecule has 0 fully saturated rings. The van der Waals surface area contributed by atoms with E-state index in [1.807, 2.05) is 0 Å². The minimum Gasteiger partial charge on any atom is -0.452 e. The lowest BCUT2D eigenvalue weighted by atomic mass is 9.98. The molecular weight excluding hydrogens is 432 g/mol. The molecule has 0 atom stereocenters. The molecule has 6 nitrogen and oxygen atoms in total. The molecule has 1 amide bonds. The number of amides is 1. The second kappa shape index (κ2) is 8.70. The van der Waals surface area contributed by atoms with Gasteiger partial charge in [-0.2, -0.15) is 0 Å².